The minimum Gasteiger partial charge on any atom is -0.382 e. The van der Waals surface area contributed by atoms with Gasteiger partial charge < -0.3 is 10.1 Å². The van der Waals surface area contributed by atoms with Crippen LogP contribution in [0.4, 0.5) is 11.4 Å². The van der Waals surface area contributed by atoms with E-state index in [-0.39, 0.29) is 22.8 Å². The summed E-state index contributed by atoms with van der Waals surface area (Å²) in [7, 11) is 0. The molecule has 5 nitrogen and oxygen atoms in total. The number of hydrogen-bond acceptors (Lipinski definition) is 4. The van der Waals surface area contributed by atoms with E-state index in [1.807, 2.05) is 13.0 Å². The maximum atomic E-state index is 10.9. The fourth-order valence-electron chi connectivity index (χ4n) is 2.90. The lowest BCUT2D eigenvalue weighted by Crippen LogP contribution is -2.37. The molecule has 0 spiro atoms. The van der Waals surface area contributed by atoms with E-state index in [4.69, 9.17) is 4.74 Å². The van der Waals surface area contributed by atoms with Crippen LogP contribution in [-0.2, 0) is 4.74 Å². The highest BCUT2D eigenvalue weighted by atomic mass is 16.6. The quantitative estimate of drug-likeness (QED) is 0.678. The molecule has 1 fully saturated rings. The van der Waals surface area contributed by atoms with E-state index in [1.165, 1.54) is 0 Å². The largest absolute Gasteiger partial charge is 0.382 e. The minimum absolute atomic E-state index is 0.182. The highest BCUT2D eigenvalue weighted by molar-refractivity contribution is 5.59. The Balaban J connectivity index is 2.17. The van der Waals surface area contributed by atoms with Gasteiger partial charge in [0.15, 0.2) is 0 Å². The number of aryl methyl sites for hydroxylation is 2. The first kappa shape index (κ1) is 14.8. The molecule has 20 heavy (non-hydrogen) atoms. The molecule has 1 saturated heterocycles. The van der Waals surface area contributed by atoms with Gasteiger partial charge in [0.05, 0.1) is 17.1 Å². The van der Waals surface area contributed by atoms with Crippen LogP contribution in [-0.4, -0.2) is 23.2 Å². The van der Waals surface area contributed by atoms with Crippen LogP contribution in [0.25, 0.3) is 0 Å². The first-order valence-corrected chi connectivity index (χ1v) is 7.04. The van der Waals surface area contributed by atoms with Crippen LogP contribution in [0, 0.1) is 24.0 Å². The van der Waals surface area contributed by atoms with Crippen molar-refractivity contribution < 1.29 is 9.66 Å². The summed E-state index contributed by atoms with van der Waals surface area (Å²) in [5, 5.41) is 14.4. The van der Waals surface area contributed by atoms with Crippen molar-refractivity contribution in [1.29, 1.82) is 0 Å². The summed E-state index contributed by atoms with van der Waals surface area (Å²) >= 11 is 0. The number of hydrogen-bond donors (Lipinski definition) is 1. The summed E-state index contributed by atoms with van der Waals surface area (Å²) in [5.74, 6) is 0. The lowest BCUT2D eigenvalue weighted by molar-refractivity contribution is -0.385. The Kier molecular flexibility index (Phi) is 4.28. The monoisotopic (exact) mass is 278 g/mol. The third-order valence-electron chi connectivity index (χ3n) is 3.80. The Hall–Kier alpha value is -1.62. The summed E-state index contributed by atoms with van der Waals surface area (Å²) in [5.41, 5.74) is 2.77. The molecular formula is C15H22N2O3. The van der Waals surface area contributed by atoms with E-state index in [1.54, 1.807) is 13.0 Å². The molecule has 1 aliphatic rings. The van der Waals surface area contributed by atoms with Crippen LogP contribution in [0.5, 0.6) is 0 Å². The van der Waals surface area contributed by atoms with Crippen LogP contribution in [0.2, 0.25) is 0 Å². The summed E-state index contributed by atoms with van der Waals surface area (Å²) in [6.07, 6.45) is 2.41. The molecule has 0 amide bonds. The molecule has 0 aliphatic carbocycles. The van der Waals surface area contributed by atoms with Gasteiger partial charge in [-0.1, -0.05) is 0 Å². The van der Waals surface area contributed by atoms with Gasteiger partial charge in [0.25, 0.3) is 5.69 Å². The number of nitro groups is 1. The number of nitrogens with one attached hydrogen (secondary N) is 1. The molecule has 2 rings (SSSR count). The standard InChI is InChI=1S/C15H22N2O3/c1-9-6-15(17(18)19)10(2)5-14(9)16-13-7-11(3)20-12(4)8-13/h5-6,11-13,16H,7-8H2,1-4H3. The fraction of sp³-hybridized carbons (Fsp3) is 0.600. The van der Waals surface area contributed by atoms with Gasteiger partial charge in [-0.25, -0.2) is 0 Å². The topological polar surface area (TPSA) is 64.4 Å². The number of ether oxygens (including phenoxy) is 1. The summed E-state index contributed by atoms with van der Waals surface area (Å²) in [6.45, 7) is 7.84. The molecule has 1 N–H and O–H groups in total. The molecule has 2 unspecified atom stereocenters. The minimum atomic E-state index is -0.329. The van der Waals surface area contributed by atoms with E-state index in [9.17, 15) is 10.1 Å². The molecule has 5 heteroatoms. The van der Waals surface area contributed by atoms with Crippen LogP contribution in [0.1, 0.15) is 37.8 Å². The molecule has 1 aliphatic heterocycles. The Bertz CT molecular complexity index is 506. The maximum Gasteiger partial charge on any atom is 0.272 e. The highest BCUT2D eigenvalue weighted by Crippen LogP contribution is 2.29. The van der Waals surface area contributed by atoms with Crippen molar-refractivity contribution >= 4 is 11.4 Å². The van der Waals surface area contributed by atoms with E-state index >= 15 is 0 Å². The number of benzene rings is 1. The van der Waals surface area contributed by atoms with Crippen LogP contribution < -0.4 is 5.32 Å². The van der Waals surface area contributed by atoms with Gasteiger partial charge in [-0.15, -0.1) is 0 Å². The van der Waals surface area contributed by atoms with Gasteiger partial charge >= 0.3 is 0 Å². The molecule has 110 valence electrons. The predicted molar refractivity (Wildman–Crippen MR) is 79.2 cm³/mol. The number of rotatable bonds is 3. The average molecular weight is 278 g/mol. The summed E-state index contributed by atoms with van der Waals surface area (Å²) < 4.78 is 5.73. The van der Waals surface area contributed by atoms with E-state index in [2.05, 4.69) is 19.2 Å². The molecule has 1 aromatic rings. The van der Waals surface area contributed by atoms with Gasteiger partial charge in [0, 0.05) is 23.4 Å². The van der Waals surface area contributed by atoms with Crippen LogP contribution in [0.3, 0.4) is 0 Å². The van der Waals surface area contributed by atoms with E-state index < -0.39 is 0 Å². The van der Waals surface area contributed by atoms with E-state index in [0.717, 1.165) is 24.1 Å². The van der Waals surface area contributed by atoms with Gasteiger partial charge in [0.1, 0.15) is 0 Å². The second-order valence-electron chi connectivity index (χ2n) is 5.78. The zero-order valence-electron chi connectivity index (χ0n) is 12.5. The molecule has 0 aromatic heterocycles. The van der Waals surface area contributed by atoms with Crippen molar-refractivity contribution in [2.24, 2.45) is 0 Å². The van der Waals surface area contributed by atoms with Crippen molar-refractivity contribution in [3.05, 3.63) is 33.4 Å². The molecule has 0 bridgehead atoms. The number of nitrogens with zero attached hydrogens (tertiary/aromatic N) is 1. The third kappa shape index (κ3) is 3.28. The molecular weight excluding hydrogens is 256 g/mol. The van der Waals surface area contributed by atoms with Crippen LogP contribution >= 0.6 is 0 Å². The normalized spacial score (nSPS) is 26.3. The van der Waals surface area contributed by atoms with E-state index in [0.29, 0.717) is 11.6 Å². The Morgan fingerprint density at radius 1 is 1.20 bits per heavy atom. The predicted octanol–water partition coefficient (Wildman–Crippen LogP) is 3.58. The highest BCUT2D eigenvalue weighted by Gasteiger charge is 2.25. The number of nitro benzene ring substituents is 1. The van der Waals surface area contributed by atoms with Crippen molar-refractivity contribution in [1.82, 2.24) is 0 Å². The first-order chi connectivity index (χ1) is 9.36. The molecule has 0 saturated carbocycles. The first-order valence-electron chi connectivity index (χ1n) is 7.04. The van der Waals surface area contributed by atoms with Gasteiger partial charge in [0.2, 0.25) is 0 Å². The fourth-order valence-corrected chi connectivity index (χ4v) is 2.90. The van der Waals surface area contributed by atoms with Crippen molar-refractivity contribution in [3.8, 4) is 0 Å². The maximum absolute atomic E-state index is 10.9. The SMILES string of the molecule is Cc1cc([N+](=O)[O-])c(C)cc1NC1CC(C)OC(C)C1. The third-order valence-corrected chi connectivity index (χ3v) is 3.80. The zero-order valence-corrected chi connectivity index (χ0v) is 12.5. The Morgan fingerprint density at radius 2 is 1.80 bits per heavy atom. The van der Waals surface area contributed by atoms with Crippen LogP contribution in [0.15, 0.2) is 12.1 Å². The van der Waals surface area contributed by atoms with Gasteiger partial charge in [-0.05, 0) is 52.2 Å². The second-order valence-corrected chi connectivity index (χ2v) is 5.78. The lowest BCUT2D eigenvalue weighted by atomic mass is 9.98. The molecule has 1 heterocycles. The average Bonchev–Trinajstić information content (AvgIpc) is 2.31. The molecule has 0 radical (unpaired) electrons. The van der Waals surface area contributed by atoms with Crippen molar-refractivity contribution in [3.63, 3.8) is 0 Å². The Labute approximate surface area is 119 Å². The zero-order chi connectivity index (χ0) is 14.9. The smallest absolute Gasteiger partial charge is 0.272 e. The molecule has 1 aromatic carbocycles. The van der Waals surface area contributed by atoms with Gasteiger partial charge in [-0.2, -0.15) is 0 Å². The molecule has 2 atom stereocenters. The number of anilines is 1. The Morgan fingerprint density at radius 3 is 2.35 bits per heavy atom. The second kappa shape index (κ2) is 5.79. The summed E-state index contributed by atoms with van der Waals surface area (Å²) in [4.78, 5) is 10.6. The van der Waals surface area contributed by atoms with Crippen molar-refractivity contribution in [2.75, 3.05) is 5.32 Å². The lowest BCUT2D eigenvalue weighted by Gasteiger charge is -2.33. The summed E-state index contributed by atoms with van der Waals surface area (Å²) in [6, 6.07) is 3.87. The van der Waals surface area contributed by atoms with Crippen molar-refractivity contribution in [2.45, 2.75) is 58.8 Å². The van der Waals surface area contributed by atoms with Gasteiger partial charge in [-0.3, -0.25) is 10.1 Å².